The van der Waals surface area contributed by atoms with E-state index in [0.29, 0.717) is 18.2 Å². The van der Waals surface area contributed by atoms with E-state index in [4.69, 9.17) is 5.73 Å². The zero-order valence-electron chi connectivity index (χ0n) is 11.9. The number of nitrogens with two attached hydrogens (primary N) is 1. The van der Waals surface area contributed by atoms with Gasteiger partial charge in [-0.2, -0.15) is 0 Å². The molecule has 0 aliphatic carbocycles. The van der Waals surface area contributed by atoms with Crippen LogP contribution >= 0.6 is 0 Å². The van der Waals surface area contributed by atoms with Crippen LogP contribution in [0.3, 0.4) is 0 Å². The Morgan fingerprint density at radius 1 is 1.24 bits per heavy atom. The average Bonchev–Trinajstić information content (AvgIpc) is 2.35. The number of carbonyl (C=O) groups is 1. The van der Waals surface area contributed by atoms with Crippen LogP contribution in [-0.4, -0.2) is 30.4 Å². The first kappa shape index (κ1) is 16.4. The predicted molar refractivity (Wildman–Crippen MR) is 73.8 cm³/mol. The minimum atomic E-state index is 0.316. The van der Waals surface area contributed by atoms with Crippen LogP contribution in [0.15, 0.2) is 0 Å². The Hall–Kier alpha value is -0.570. The van der Waals surface area contributed by atoms with Crippen LogP contribution in [0.1, 0.15) is 59.3 Å². The number of hydrogen-bond donors (Lipinski definition) is 1. The molecule has 0 aliphatic heterocycles. The largest absolute Gasteiger partial charge is 0.343 e. The third-order valence-electron chi connectivity index (χ3n) is 3.43. The van der Waals surface area contributed by atoms with Crippen molar-refractivity contribution in [2.75, 3.05) is 19.6 Å². The molecule has 0 fully saturated rings. The molecule has 1 atom stereocenters. The summed E-state index contributed by atoms with van der Waals surface area (Å²) in [5.41, 5.74) is 5.57. The Morgan fingerprint density at radius 2 is 1.94 bits per heavy atom. The maximum atomic E-state index is 12.0. The molecule has 3 nitrogen and oxygen atoms in total. The Bertz CT molecular complexity index is 195. The number of unbranched alkanes of at least 4 members (excludes halogenated alkanes) is 1. The van der Waals surface area contributed by atoms with Gasteiger partial charge in [0.25, 0.3) is 0 Å². The normalized spacial score (nSPS) is 12.5. The molecule has 1 unspecified atom stereocenters. The maximum absolute atomic E-state index is 12.0. The molecule has 0 aromatic rings. The lowest BCUT2D eigenvalue weighted by Gasteiger charge is -2.22. The van der Waals surface area contributed by atoms with E-state index >= 15 is 0 Å². The molecule has 0 rings (SSSR count). The molecule has 3 heteroatoms. The van der Waals surface area contributed by atoms with E-state index in [1.165, 1.54) is 0 Å². The van der Waals surface area contributed by atoms with Gasteiger partial charge in [-0.05, 0) is 38.6 Å². The molecule has 0 heterocycles. The van der Waals surface area contributed by atoms with Crippen molar-refractivity contribution in [3.05, 3.63) is 0 Å². The predicted octanol–water partition coefficient (Wildman–Crippen LogP) is 2.79. The topological polar surface area (TPSA) is 46.3 Å². The summed E-state index contributed by atoms with van der Waals surface area (Å²) in [6.45, 7) is 8.89. The van der Waals surface area contributed by atoms with E-state index in [9.17, 15) is 4.79 Å². The second-order valence-electron chi connectivity index (χ2n) is 4.72. The van der Waals surface area contributed by atoms with Gasteiger partial charge in [-0.3, -0.25) is 4.79 Å². The molecular weight excluding hydrogens is 212 g/mol. The highest BCUT2D eigenvalue weighted by molar-refractivity contribution is 5.76. The number of rotatable bonds is 10. The first-order valence-electron chi connectivity index (χ1n) is 7.17. The minimum absolute atomic E-state index is 0.316. The quantitative estimate of drug-likeness (QED) is 0.640. The van der Waals surface area contributed by atoms with Crippen molar-refractivity contribution >= 4 is 5.91 Å². The van der Waals surface area contributed by atoms with Crippen LogP contribution in [0.5, 0.6) is 0 Å². The molecular formula is C14H30N2O. The van der Waals surface area contributed by atoms with Gasteiger partial charge < -0.3 is 10.6 Å². The van der Waals surface area contributed by atoms with Gasteiger partial charge in [-0.25, -0.2) is 0 Å². The summed E-state index contributed by atoms with van der Waals surface area (Å²) in [7, 11) is 0. The van der Waals surface area contributed by atoms with Gasteiger partial charge in [0.15, 0.2) is 0 Å². The molecule has 0 saturated carbocycles. The number of amides is 1. The second kappa shape index (κ2) is 10.6. The summed E-state index contributed by atoms with van der Waals surface area (Å²) in [5, 5.41) is 0. The number of carbonyl (C=O) groups excluding carboxylic acids is 1. The highest BCUT2D eigenvalue weighted by atomic mass is 16.2. The molecule has 102 valence electrons. The zero-order valence-corrected chi connectivity index (χ0v) is 11.9. The number of hydrogen-bond acceptors (Lipinski definition) is 2. The van der Waals surface area contributed by atoms with Gasteiger partial charge in [-0.15, -0.1) is 0 Å². The molecule has 2 N–H and O–H groups in total. The zero-order chi connectivity index (χ0) is 13.1. The summed E-state index contributed by atoms with van der Waals surface area (Å²) in [4.78, 5) is 14.0. The van der Waals surface area contributed by atoms with Crippen molar-refractivity contribution in [2.45, 2.75) is 59.3 Å². The van der Waals surface area contributed by atoms with E-state index < -0.39 is 0 Å². The summed E-state index contributed by atoms with van der Waals surface area (Å²) in [6, 6.07) is 0. The fourth-order valence-corrected chi connectivity index (χ4v) is 2.08. The van der Waals surface area contributed by atoms with E-state index in [1.54, 1.807) is 0 Å². The summed E-state index contributed by atoms with van der Waals surface area (Å²) in [6.07, 6.45) is 6.12. The number of nitrogens with zero attached hydrogens (tertiary/aromatic N) is 1. The Morgan fingerprint density at radius 3 is 2.41 bits per heavy atom. The van der Waals surface area contributed by atoms with Crippen LogP contribution in [-0.2, 0) is 4.79 Å². The van der Waals surface area contributed by atoms with Crippen molar-refractivity contribution in [3.63, 3.8) is 0 Å². The molecule has 0 saturated heterocycles. The van der Waals surface area contributed by atoms with Crippen LogP contribution < -0.4 is 5.73 Å². The highest BCUT2D eigenvalue weighted by Gasteiger charge is 2.13. The Balaban J connectivity index is 3.95. The van der Waals surface area contributed by atoms with E-state index in [2.05, 4.69) is 20.8 Å². The molecule has 17 heavy (non-hydrogen) atoms. The molecule has 1 amide bonds. The monoisotopic (exact) mass is 242 g/mol. The van der Waals surface area contributed by atoms with Gasteiger partial charge in [0.2, 0.25) is 5.91 Å². The van der Waals surface area contributed by atoms with Crippen LogP contribution in [0, 0.1) is 5.92 Å². The van der Waals surface area contributed by atoms with Crippen molar-refractivity contribution in [1.29, 1.82) is 0 Å². The van der Waals surface area contributed by atoms with Gasteiger partial charge >= 0.3 is 0 Å². The van der Waals surface area contributed by atoms with E-state index in [0.717, 1.165) is 51.7 Å². The summed E-state index contributed by atoms with van der Waals surface area (Å²) in [5.74, 6) is 0.935. The lowest BCUT2D eigenvalue weighted by atomic mass is 9.96. The third kappa shape index (κ3) is 7.37. The second-order valence-corrected chi connectivity index (χ2v) is 4.72. The smallest absolute Gasteiger partial charge is 0.222 e. The molecule has 0 spiro atoms. The summed E-state index contributed by atoms with van der Waals surface area (Å²) >= 11 is 0. The molecule has 0 bridgehead atoms. The molecule has 0 aromatic heterocycles. The van der Waals surface area contributed by atoms with Crippen molar-refractivity contribution < 1.29 is 4.79 Å². The van der Waals surface area contributed by atoms with Gasteiger partial charge in [0.1, 0.15) is 0 Å². The Kier molecular flexibility index (Phi) is 10.2. The van der Waals surface area contributed by atoms with Gasteiger partial charge in [-0.1, -0.05) is 26.7 Å². The van der Waals surface area contributed by atoms with Crippen molar-refractivity contribution in [2.24, 2.45) is 11.7 Å². The fourth-order valence-electron chi connectivity index (χ4n) is 2.08. The Labute approximate surface area is 107 Å². The third-order valence-corrected chi connectivity index (χ3v) is 3.43. The lowest BCUT2D eigenvalue weighted by Crippen LogP contribution is -2.31. The average molecular weight is 242 g/mol. The first-order valence-corrected chi connectivity index (χ1v) is 7.17. The maximum Gasteiger partial charge on any atom is 0.222 e. The standard InChI is InChI=1S/C14H30N2O/c1-4-7-12-16(6-3)14(17)9-8-13(5-2)10-11-15/h13H,4-12,15H2,1-3H3. The molecule has 0 aliphatic rings. The first-order chi connectivity index (χ1) is 8.19. The SMILES string of the molecule is CCCCN(CC)C(=O)CCC(CC)CCN. The molecule has 0 aromatic carbocycles. The van der Waals surface area contributed by atoms with E-state index in [-0.39, 0.29) is 0 Å². The van der Waals surface area contributed by atoms with Crippen molar-refractivity contribution in [1.82, 2.24) is 4.90 Å². The van der Waals surface area contributed by atoms with Crippen LogP contribution in [0.25, 0.3) is 0 Å². The van der Waals surface area contributed by atoms with Crippen molar-refractivity contribution in [3.8, 4) is 0 Å². The lowest BCUT2D eigenvalue weighted by molar-refractivity contribution is -0.131. The minimum Gasteiger partial charge on any atom is -0.343 e. The molecule has 0 radical (unpaired) electrons. The van der Waals surface area contributed by atoms with Crippen LogP contribution in [0.2, 0.25) is 0 Å². The fraction of sp³-hybridized carbons (Fsp3) is 0.929. The van der Waals surface area contributed by atoms with Crippen LogP contribution in [0.4, 0.5) is 0 Å². The summed E-state index contributed by atoms with van der Waals surface area (Å²) < 4.78 is 0. The van der Waals surface area contributed by atoms with E-state index in [1.807, 2.05) is 4.90 Å². The van der Waals surface area contributed by atoms with Gasteiger partial charge in [0.05, 0.1) is 0 Å². The van der Waals surface area contributed by atoms with Gasteiger partial charge in [0, 0.05) is 19.5 Å². The highest BCUT2D eigenvalue weighted by Crippen LogP contribution is 2.15.